The van der Waals surface area contributed by atoms with Crippen molar-refractivity contribution in [3.05, 3.63) is 41.7 Å². The van der Waals surface area contributed by atoms with Crippen molar-refractivity contribution in [2.45, 2.75) is 46.4 Å². The second-order valence-electron chi connectivity index (χ2n) is 5.20. The Morgan fingerprint density at radius 2 is 2.10 bits per heavy atom. The van der Waals surface area contributed by atoms with E-state index in [1.54, 1.807) is 6.26 Å². The summed E-state index contributed by atoms with van der Waals surface area (Å²) in [6.07, 6.45) is 1.70. The molecule has 0 spiro atoms. The highest BCUT2D eigenvalue weighted by Crippen LogP contribution is 2.11. The molecule has 1 N–H and O–H groups in total. The van der Waals surface area contributed by atoms with Crippen LogP contribution in [0.4, 0.5) is 0 Å². The number of furan rings is 1. The lowest BCUT2D eigenvalue weighted by molar-refractivity contribution is 0.217. The Balaban J connectivity index is 1.87. The molecule has 0 aliphatic rings. The zero-order valence-corrected chi connectivity index (χ0v) is 12.4. The first kappa shape index (κ1) is 14.8. The number of hydrogen-bond donors (Lipinski definition) is 1. The molecule has 0 bridgehead atoms. The fourth-order valence-corrected chi connectivity index (χ4v) is 1.95. The summed E-state index contributed by atoms with van der Waals surface area (Å²) in [4.78, 5) is 2.25. The van der Waals surface area contributed by atoms with Gasteiger partial charge in [-0.05, 0) is 18.7 Å². The van der Waals surface area contributed by atoms with Gasteiger partial charge in [0, 0.05) is 18.7 Å². The molecular weight excluding hydrogens is 254 g/mol. The van der Waals surface area contributed by atoms with Crippen molar-refractivity contribution < 1.29 is 8.94 Å². The van der Waals surface area contributed by atoms with Crippen LogP contribution in [-0.4, -0.2) is 22.6 Å². The Labute approximate surface area is 119 Å². The van der Waals surface area contributed by atoms with Crippen LogP contribution in [0, 0.1) is 0 Å². The summed E-state index contributed by atoms with van der Waals surface area (Å²) in [5.74, 6) is 1.85. The summed E-state index contributed by atoms with van der Waals surface area (Å²) in [7, 11) is 0. The summed E-state index contributed by atoms with van der Waals surface area (Å²) >= 11 is 0. The highest BCUT2D eigenvalue weighted by molar-refractivity contribution is 5.06. The van der Waals surface area contributed by atoms with Crippen LogP contribution >= 0.6 is 0 Å². The van der Waals surface area contributed by atoms with Gasteiger partial charge in [0.1, 0.15) is 5.76 Å². The lowest BCUT2D eigenvalue weighted by Crippen LogP contribution is -2.22. The summed E-state index contributed by atoms with van der Waals surface area (Å²) in [6.45, 7) is 9.55. The highest BCUT2D eigenvalue weighted by atomic mass is 16.5. The molecule has 2 heterocycles. The second kappa shape index (κ2) is 7.26. The molecule has 5 nitrogen and oxygen atoms in total. The van der Waals surface area contributed by atoms with E-state index in [9.17, 15) is 0 Å². The first-order valence-corrected chi connectivity index (χ1v) is 7.10. The number of nitrogens with zero attached hydrogens (tertiary/aromatic N) is 2. The molecule has 5 heteroatoms. The minimum Gasteiger partial charge on any atom is -0.468 e. The third kappa shape index (κ3) is 4.51. The van der Waals surface area contributed by atoms with E-state index < -0.39 is 0 Å². The Hall–Kier alpha value is -1.59. The molecule has 0 amide bonds. The Kier molecular flexibility index (Phi) is 5.38. The average molecular weight is 277 g/mol. The first-order chi connectivity index (χ1) is 9.67. The predicted molar refractivity (Wildman–Crippen MR) is 77.0 cm³/mol. The van der Waals surface area contributed by atoms with Gasteiger partial charge in [-0.15, -0.1) is 0 Å². The van der Waals surface area contributed by atoms with E-state index in [0.29, 0.717) is 6.04 Å². The smallest absolute Gasteiger partial charge is 0.151 e. The molecular formula is C15H23N3O2. The number of rotatable bonds is 8. The van der Waals surface area contributed by atoms with Gasteiger partial charge in [0.25, 0.3) is 0 Å². The fraction of sp³-hybridized carbons (Fsp3) is 0.533. The van der Waals surface area contributed by atoms with Crippen LogP contribution in [0.5, 0.6) is 0 Å². The topological polar surface area (TPSA) is 54.4 Å². The summed E-state index contributed by atoms with van der Waals surface area (Å²) < 4.78 is 10.8. The third-order valence-corrected chi connectivity index (χ3v) is 3.09. The van der Waals surface area contributed by atoms with Crippen molar-refractivity contribution in [2.75, 3.05) is 6.54 Å². The van der Waals surface area contributed by atoms with E-state index in [1.165, 1.54) is 0 Å². The number of nitrogens with one attached hydrogen (secondary N) is 1. The van der Waals surface area contributed by atoms with Gasteiger partial charge < -0.3 is 14.3 Å². The van der Waals surface area contributed by atoms with Crippen LogP contribution in [0.2, 0.25) is 0 Å². The monoisotopic (exact) mass is 277 g/mol. The quantitative estimate of drug-likeness (QED) is 0.804. The standard InChI is InChI=1S/C15H23N3O2/c1-4-18(10-14-6-5-7-19-14)11-15-8-13(17-20-15)9-16-12(2)3/h5-8,12,16H,4,9-11H2,1-3H3. The van der Waals surface area contributed by atoms with Gasteiger partial charge >= 0.3 is 0 Å². The van der Waals surface area contributed by atoms with Crippen LogP contribution in [0.3, 0.4) is 0 Å². The molecule has 0 fully saturated rings. The maximum Gasteiger partial charge on any atom is 0.151 e. The van der Waals surface area contributed by atoms with Crippen molar-refractivity contribution in [1.29, 1.82) is 0 Å². The molecule has 0 saturated heterocycles. The largest absolute Gasteiger partial charge is 0.468 e. The first-order valence-electron chi connectivity index (χ1n) is 7.10. The minimum atomic E-state index is 0.446. The molecule has 0 radical (unpaired) electrons. The zero-order valence-electron chi connectivity index (χ0n) is 12.4. The van der Waals surface area contributed by atoms with Crippen LogP contribution in [0.15, 0.2) is 33.4 Å². The van der Waals surface area contributed by atoms with Crippen LogP contribution in [0.1, 0.15) is 38.0 Å². The highest BCUT2D eigenvalue weighted by Gasteiger charge is 2.11. The number of aromatic nitrogens is 1. The Morgan fingerprint density at radius 3 is 2.75 bits per heavy atom. The maximum atomic E-state index is 5.39. The molecule has 20 heavy (non-hydrogen) atoms. The van der Waals surface area contributed by atoms with Gasteiger partial charge in [-0.2, -0.15) is 0 Å². The van der Waals surface area contributed by atoms with Gasteiger partial charge in [0.05, 0.1) is 25.0 Å². The molecule has 0 unspecified atom stereocenters. The summed E-state index contributed by atoms with van der Waals surface area (Å²) in [5.41, 5.74) is 0.947. The van der Waals surface area contributed by atoms with Crippen molar-refractivity contribution >= 4 is 0 Å². The SMILES string of the molecule is CCN(Cc1ccco1)Cc1cc(CNC(C)C)no1. The maximum absolute atomic E-state index is 5.39. The summed E-state index contributed by atoms with van der Waals surface area (Å²) in [5, 5.41) is 7.41. The zero-order chi connectivity index (χ0) is 14.4. The van der Waals surface area contributed by atoms with Gasteiger partial charge in [-0.25, -0.2) is 0 Å². The molecule has 0 saturated carbocycles. The predicted octanol–water partition coefficient (Wildman–Crippen LogP) is 2.79. The normalized spacial score (nSPS) is 11.7. The third-order valence-electron chi connectivity index (χ3n) is 3.09. The molecule has 0 atom stereocenters. The minimum absolute atomic E-state index is 0.446. The van der Waals surface area contributed by atoms with Crippen molar-refractivity contribution in [2.24, 2.45) is 0 Å². The lowest BCUT2D eigenvalue weighted by Gasteiger charge is -2.16. The molecule has 2 aromatic rings. The Bertz CT molecular complexity index is 491. The van der Waals surface area contributed by atoms with Gasteiger partial charge in [-0.1, -0.05) is 25.9 Å². The van der Waals surface area contributed by atoms with Crippen molar-refractivity contribution in [3.63, 3.8) is 0 Å². The van der Waals surface area contributed by atoms with E-state index in [0.717, 1.165) is 43.4 Å². The van der Waals surface area contributed by atoms with Crippen molar-refractivity contribution in [3.8, 4) is 0 Å². The lowest BCUT2D eigenvalue weighted by atomic mass is 10.3. The second-order valence-corrected chi connectivity index (χ2v) is 5.20. The average Bonchev–Trinajstić information content (AvgIpc) is 3.07. The van der Waals surface area contributed by atoms with Gasteiger partial charge in [0.15, 0.2) is 5.76 Å². The molecule has 110 valence electrons. The van der Waals surface area contributed by atoms with E-state index in [4.69, 9.17) is 8.94 Å². The molecule has 0 aliphatic carbocycles. The van der Waals surface area contributed by atoms with Crippen LogP contribution in [-0.2, 0) is 19.6 Å². The van der Waals surface area contributed by atoms with Gasteiger partial charge in [0.2, 0.25) is 0 Å². The fourth-order valence-electron chi connectivity index (χ4n) is 1.95. The van der Waals surface area contributed by atoms with Crippen LogP contribution < -0.4 is 5.32 Å². The van der Waals surface area contributed by atoms with Gasteiger partial charge in [-0.3, -0.25) is 4.90 Å². The van der Waals surface area contributed by atoms with E-state index in [2.05, 4.69) is 36.1 Å². The van der Waals surface area contributed by atoms with E-state index in [-0.39, 0.29) is 0 Å². The Morgan fingerprint density at radius 1 is 1.30 bits per heavy atom. The number of hydrogen-bond acceptors (Lipinski definition) is 5. The van der Waals surface area contributed by atoms with Crippen LogP contribution in [0.25, 0.3) is 0 Å². The summed E-state index contributed by atoms with van der Waals surface area (Å²) in [6, 6.07) is 6.36. The van der Waals surface area contributed by atoms with E-state index in [1.807, 2.05) is 18.2 Å². The molecule has 2 rings (SSSR count). The van der Waals surface area contributed by atoms with E-state index >= 15 is 0 Å². The van der Waals surface area contributed by atoms with Crippen molar-refractivity contribution in [1.82, 2.24) is 15.4 Å². The molecule has 0 aliphatic heterocycles. The molecule has 0 aromatic carbocycles. The molecule has 2 aromatic heterocycles.